The first kappa shape index (κ1) is 12.6. The van der Waals surface area contributed by atoms with Crippen LogP contribution in [-0.4, -0.2) is 11.5 Å². The first-order chi connectivity index (χ1) is 7.50. The molecule has 0 saturated heterocycles. The number of nitrogens with one attached hydrogen (secondary N) is 1. The molecule has 0 aromatic heterocycles. The molecule has 0 fully saturated rings. The molecule has 88 valence electrons. The first-order valence-electron chi connectivity index (χ1n) is 5.14. The van der Waals surface area contributed by atoms with E-state index in [1.54, 1.807) is 6.07 Å². The third-order valence-electron chi connectivity index (χ3n) is 2.09. The van der Waals surface area contributed by atoms with Crippen molar-refractivity contribution in [2.75, 3.05) is 6.54 Å². The Morgan fingerprint density at radius 3 is 2.69 bits per heavy atom. The summed E-state index contributed by atoms with van der Waals surface area (Å²) in [5.74, 6) is -0.267. The Hall–Kier alpha value is -1.49. The molecule has 1 aromatic rings. The Bertz CT molecular complexity index is 380. The van der Waals surface area contributed by atoms with Crippen molar-refractivity contribution in [2.24, 2.45) is 5.92 Å². The number of halogens is 1. The molecule has 4 nitrogen and oxygen atoms in total. The third kappa shape index (κ3) is 3.58. The Morgan fingerprint density at radius 2 is 2.19 bits per heavy atom. The number of hydrogen-bond donors (Lipinski definition) is 1. The lowest BCUT2D eigenvalue weighted by atomic mass is 10.2. The van der Waals surface area contributed by atoms with E-state index in [-0.39, 0.29) is 0 Å². The number of nitro groups is 1. The van der Waals surface area contributed by atoms with E-state index in [1.165, 1.54) is 12.1 Å². The van der Waals surface area contributed by atoms with Gasteiger partial charge in [0.25, 0.3) is 0 Å². The molecule has 1 rings (SSSR count). The van der Waals surface area contributed by atoms with Gasteiger partial charge in [0.05, 0.1) is 4.92 Å². The van der Waals surface area contributed by atoms with Crippen molar-refractivity contribution in [3.05, 3.63) is 39.7 Å². The van der Waals surface area contributed by atoms with Crippen LogP contribution >= 0.6 is 0 Å². The van der Waals surface area contributed by atoms with E-state index < -0.39 is 16.4 Å². The maximum absolute atomic E-state index is 13.2. The van der Waals surface area contributed by atoms with Gasteiger partial charge in [-0.1, -0.05) is 19.9 Å². The average molecular weight is 226 g/mol. The van der Waals surface area contributed by atoms with Crippen molar-refractivity contribution in [1.29, 1.82) is 0 Å². The maximum atomic E-state index is 13.2. The van der Waals surface area contributed by atoms with Gasteiger partial charge in [-0.2, -0.15) is 4.39 Å². The van der Waals surface area contributed by atoms with Gasteiger partial charge in [0.1, 0.15) is 0 Å². The van der Waals surface area contributed by atoms with Crippen molar-refractivity contribution in [3.63, 3.8) is 0 Å². The van der Waals surface area contributed by atoms with Crippen molar-refractivity contribution in [2.45, 2.75) is 20.4 Å². The number of nitro benzene ring substituents is 1. The van der Waals surface area contributed by atoms with Crippen molar-refractivity contribution in [3.8, 4) is 0 Å². The SMILES string of the molecule is CC(C)CNCc1ccc([N+](=O)[O-])c(F)c1. The van der Waals surface area contributed by atoms with Crippen LogP contribution in [0.15, 0.2) is 18.2 Å². The van der Waals surface area contributed by atoms with Gasteiger partial charge in [-0.05, 0) is 24.1 Å². The third-order valence-corrected chi connectivity index (χ3v) is 2.09. The molecule has 0 spiro atoms. The van der Waals surface area contributed by atoms with Gasteiger partial charge in [0, 0.05) is 12.6 Å². The number of rotatable bonds is 5. The average Bonchev–Trinajstić information content (AvgIpc) is 2.16. The van der Waals surface area contributed by atoms with Crippen molar-refractivity contribution in [1.82, 2.24) is 5.32 Å². The van der Waals surface area contributed by atoms with E-state index in [1.807, 2.05) is 0 Å². The monoisotopic (exact) mass is 226 g/mol. The van der Waals surface area contributed by atoms with Crippen molar-refractivity contribution < 1.29 is 9.31 Å². The molecular weight excluding hydrogens is 211 g/mol. The van der Waals surface area contributed by atoms with E-state index in [2.05, 4.69) is 19.2 Å². The zero-order valence-corrected chi connectivity index (χ0v) is 9.37. The fourth-order valence-corrected chi connectivity index (χ4v) is 1.31. The predicted octanol–water partition coefficient (Wildman–Crippen LogP) is 2.48. The fraction of sp³-hybridized carbons (Fsp3) is 0.455. The number of benzene rings is 1. The lowest BCUT2D eigenvalue weighted by molar-refractivity contribution is -0.387. The molecule has 0 heterocycles. The molecule has 0 aliphatic rings. The molecule has 1 N–H and O–H groups in total. The summed E-state index contributed by atoms with van der Waals surface area (Å²) < 4.78 is 13.2. The topological polar surface area (TPSA) is 55.2 Å². The minimum atomic E-state index is -0.783. The highest BCUT2D eigenvalue weighted by atomic mass is 19.1. The Morgan fingerprint density at radius 1 is 1.50 bits per heavy atom. The molecule has 0 saturated carbocycles. The largest absolute Gasteiger partial charge is 0.312 e. The lowest BCUT2D eigenvalue weighted by Crippen LogP contribution is -2.19. The quantitative estimate of drug-likeness (QED) is 0.619. The summed E-state index contributed by atoms with van der Waals surface area (Å²) >= 11 is 0. The van der Waals surface area contributed by atoms with E-state index in [0.717, 1.165) is 6.54 Å². The van der Waals surface area contributed by atoms with Gasteiger partial charge in [0.15, 0.2) is 0 Å². The van der Waals surface area contributed by atoms with E-state index >= 15 is 0 Å². The molecule has 0 atom stereocenters. The number of hydrogen-bond acceptors (Lipinski definition) is 3. The summed E-state index contributed by atoms with van der Waals surface area (Å²) in [7, 11) is 0. The predicted molar refractivity (Wildman–Crippen MR) is 59.6 cm³/mol. The van der Waals surface area contributed by atoms with Crippen LogP contribution in [0.25, 0.3) is 0 Å². The van der Waals surface area contributed by atoms with Gasteiger partial charge in [-0.3, -0.25) is 10.1 Å². The van der Waals surface area contributed by atoms with Crippen LogP contribution in [0.1, 0.15) is 19.4 Å². The second-order valence-corrected chi connectivity index (χ2v) is 4.07. The standard InChI is InChI=1S/C11H15FN2O2/c1-8(2)6-13-7-9-3-4-11(14(15)16)10(12)5-9/h3-5,8,13H,6-7H2,1-2H3. The minimum absolute atomic E-state index is 0.479. The molecule has 0 aliphatic heterocycles. The van der Waals surface area contributed by atoms with E-state index in [0.29, 0.717) is 18.0 Å². The van der Waals surface area contributed by atoms with Gasteiger partial charge in [-0.25, -0.2) is 0 Å². The molecule has 0 radical (unpaired) electrons. The normalized spacial score (nSPS) is 10.8. The Labute approximate surface area is 93.6 Å². The summed E-state index contributed by atoms with van der Waals surface area (Å²) in [5.41, 5.74) is 0.233. The molecule has 1 aromatic carbocycles. The highest BCUT2D eigenvalue weighted by Gasteiger charge is 2.13. The van der Waals surface area contributed by atoms with Crippen LogP contribution in [0.2, 0.25) is 0 Å². The van der Waals surface area contributed by atoms with E-state index in [4.69, 9.17) is 0 Å². The van der Waals surface area contributed by atoms with Gasteiger partial charge in [-0.15, -0.1) is 0 Å². The van der Waals surface area contributed by atoms with Crippen LogP contribution in [0.5, 0.6) is 0 Å². The molecule has 0 amide bonds. The van der Waals surface area contributed by atoms with Crippen LogP contribution in [0.4, 0.5) is 10.1 Å². The van der Waals surface area contributed by atoms with E-state index in [9.17, 15) is 14.5 Å². The highest BCUT2D eigenvalue weighted by Crippen LogP contribution is 2.17. The summed E-state index contributed by atoms with van der Waals surface area (Å²) in [4.78, 5) is 9.66. The van der Waals surface area contributed by atoms with Crippen LogP contribution in [-0.2, 0) is 6.54 Å². The van der Waals surface area contributed by atoms with Crippen LogP contribution < -0.4 is 5.32 Å². The number of nitrogens with zero attached hydrogens (tertiary/aromatic N) is 1. The second-order valence-electron chi connectivity index (χ2n) is 4.07. The smallest absolute Gasteiger partial charge is 0.304 e. The first-order valence-corrected chi connectivity index (χ1v) is 5.14. The van der Waals surface area contributed by atoms with Crippen molar-refractivity contribution >= 4 is 5.69 Å². The Kier molecular flexibility index (Phi) is 4.37. The summed E-state index contributed by atoms with van der Waals surface area (Å²) in [6.45, 7) is 5.50. The minimum Gasteiger partial charge on any atom is -0.312 e. The zero-order valence-electron chi connectivity index (χ0n) is 9.37. The fourth-order valence-electron chi connectivity index (χ4n) is 1.31. The molecule has 0 aliphatic carbocycles. The van der Waals surface area contributed by atoms with Crippen LogP contribution in [0, 0.1) is 21.8 Å². The molecule has 16 heavy (non-hydrogen) atoms. The lowest BCUT2D eigenvalue weighted by Gasteiger charge is -2.07. The molecule has 0 bridgehead atoms. The molecule has 0 unspecified atom stereocenters. The Balaban J connectivity index is 2.63. The van der Waals surface area contributed by atoms with Gasteiger partial charge < -0.3 is 5.32 Å². The molecular formula is C11H15FN2O2. The second kappa shape index (κ2) is 5.55. The molecule has 5 heteroatoms. The maximum Gasteiger partial charge on any atom is 0.304 e. The summed E-state index contributed by atoms with van der Waals surface area (Å²) in [6.07, 6.45) is 0. The highest BCUT2D eigenvalue weighted by molar-refractivity contribution is 5.34. The summed E-state index contributed by atoms with van der Waals surface area (Å²) in [5, 5.41) is 13.5. The summed E-state index contributed by atoms with van der Waals surface area (Å²) in [6, 6.07) is 3.96. The van der Waals surface area contributed by atoms with Crippen LogP contribution in [0.3, 0.4) is 0 Å². The van der Waals surface area contributed by atoms with Gasteiger partial charge >= 0.3 is 5.69 Å². The van der Waals surface area contributed by atoms with Gasteiger partial charge in [0.2, 0.25) is 5.82 Å². The zero-order chi connectivity index (χ0) is 12.1.